The number of hydrogen-bond acceptors (Lipinski definition) is 2. The summed E-state index contributed by atoms with van der Waals surface area (Å²) in [6.07, 6.45) is 0. The van der Waals surface area contributed by atoms with E-state index in [4.69, 9.17) is 4.74 Å². The first-order valence-electron chi connectivity index (χ1n) is 5.27. The molecule has 0 aliphatic carbocycles. The average molecular weight is 309 g/mol. The van der Waals surface area contributed by atoms with E-state index in [9.17, 15) is 0 Å². The minimum absolute atomic E-state index is 0.905. The molecule has 0 fully saturated rings. The van der Waals surface area contributed by atoms with Crippen molar-refractivity contribution in [1.82, 2.24) is 0 Å². The van der Waals surface area contributed by atoms with E-state index in [0.29, 0.717) is 0 Å². The summed E-state index contributed by atoms with van der Waals surface area (Å²) >= 11 is 5.20. The third-order valence-corrected chi connectivity index (χ3v) is 4.14. The third kappa shape index (κ3) is 3.27. The van der Waals surface area contributed by atoms with Crippen molar-refractivity contribution in [3.63, 3.8) is 0 Å². The van der Waals surface area contributed by atoms with Crippen molar-refractivity contribution in [2.75, 3.05) is 7.11 Å². The predicted molar refractivity (Wildman–Crippen MR) is 76.0 cm³/mol. The van der Waals surface area contributed by atoms with E-state index in [1.54, 1.807) is 18.9 Å². The fraction of sp³-hybridized carbons (Fsp3) is 0.143. The summed E-state index contributed by atoms with van der Waals surface area (Å²) in [6.45, 7) is 2.10. The Kier molecular flexibility index (Phi) is 4.13. The number of hydrogen-bond donors (Lipinski definition) is 0. The van der Waals surface area contributed by atoms with E-state index in [2.05, 4.69) is 59.3 Å². The van der Waals surface area contributed by atoms with Gasteiger partial charge in [0.15, 0.2) is 0 Å². The van der Waals surface area contributed by atoms with Gasteiger partial charge in [0.25, 0.3) is 0 Å². The van der Waals surface area contributed by atoms with Gasteiger partial charge in [-0.15, -0.1) is 0 Å². The summed E-state index contributed by atoms with van der Waals surface area (Å²) in [4.78, 5) is 2.49. The zero-order valence-electron chi connectivity index (χ0n) is 9.74. The van der Waals surface area contributed by atoms with Crippen LogP contribution in [0.4, 0.5) is 0 Å². The second kappa shape index (κ2) is 5.61. The summed E-state index contributed by atoms with van der Waals surface area (Å²) in [5.41, 5.74) is 1.23. The minimum atomic E-state index is 0.905. The Balaban J connectivity index is 2.21. The van der Waals surface area contributed by atoms with Gasteiger partial charge in [-0.05, 0) is 55.0 Å². The molecule has 0 unspecified atom stereocenters. The lowest BCUT2D eigenvalue weighted by Crippen LogP contribution is -1.85. The highest BCUT2D eigenvalue weighted by atomic mass is 79.9. The molecule has 0 radical (unpaired) electrons. The molecule has 0 N–H and O–H groups in total. The lowest BCUT2D eigenvalue weighted by molar-refractivity contribution is 0.414. The number of ether oxygens (including phenoxy) is 1. The van der Waals surface area contributed by atoms with Crippen LogP contribution >= 0.6 is 27.7 Å². The number of halogens is 1. The van der Waals surface area contributed by atoms with Crippen LogP contribution in [0.25, 0.3) is 0 Å². The van der Waals surface area contributed by atoms with Crippen LogP contribution in [0.15, 0.2) is 56.7 Å². The van der Waals surface area contributed by atoms with Gasteiger partial charge in [-0.2, -0.15) is 0 Å². The van der Waals surface area contributed by atoms with E-state index in [1.807, 2.05) is 6.07 Å². The van der Waals surface area contributed by atoms with Gasteiger partial charge in [0.1, 0.15) is 5.75 Å². The summed E-state index contributed by atoms with van der Waals surface area (Å²) in [6, 6.07) is 14.5. The van der Waals surface area contributed by atoms with Crippen LogP contribution < -0.4 is 4.74 Å². The van der Waals surface area contributed by atoms with Gasteiger partial charge in [-0.1, -0.05) is 27.7 Å². The smallest absolute Gasteiger partial charge is 0.119 e. The Morgan fingerprint density at radius 2 is 1.76 bits per heavy atom. The molecule has 2 rings (SSSR count). The lowest BCUT2D eigenvalue weighted by atomic mass is 10.2. The highest BCUT2D eigenvalue weighted by Crippen LogP contribution is 2.32. The molecule has 0 aromatic heterocycles. The topological polar surface area (TPSA) is 9.23 Å². The van der Waals surface area contributed by atoms with Gasteiger partial charge in [0.2, 0.25) is 0 Å². The first-order chi connectivity index (χ1) is 8.19. The number of aryl methyl sites for hydroxylation is 1. The zero-order valence-corrected chi connectivity index (χ0v) is 12.1. The molecular weight excluding hydrogens is 296 g/mol. The van der Waals surface area contributed by atoms with Crippen LogP contribution in [0.5, 0.6) is 5.75 Å². The maximum Gasteiger partial charge on any atom is 0.119 e. The fourth-order valence-electron chi connectivity index (χ4n) is 1.49. The largest absolute Gasteiger partial charge is 0.497 e. The van der Waals surface area contributed by atoms with Crippen molar-refractivity contribution in [3.8, 4) is 5.75 Å². The van der Waals surface area contributed by atoms with E-state index in [1.165, 1.54) is 15.4 Å². The Morgan fingerprint density at radius 3 is 2.35 bits per heavy atom. The monoisotopic (exact) mass is 308 g/mol. The van der Waals surface area contributed by atoms with Gasteiger partial charge >= 0.3 is 0 Å². The molecule has 0 amide bonds. The molecule has 0 saturated carbocycles. The van der Waals surface area contributed by atoms with Gasteiger partial charge in [0, 0.05) is 14.3 Å². The van der Waals surface area contributed by atoms with Crippen molar-refractivity contribution in [2.24, 2.45) is 0 Å². The Bertz CT molecular complexity index is 508. The van der Waals surface area contributed by atoms with E-state index in [0.717, 1.165) is 10.2 Å². The van der Waals surface area contributed by atoms with Gasteiger partial charge in [0.05, 0.1) is 7.11 Å². The summed E-state index contributed by atoms with van der Waals surface area (Å²) < 4.78 is 6.31. The first kappa shape index (κ1) is 12.5. The highest BCUT2D eigenvalue weighted by Gasteiger charge is 2.02. The molecule has 0 saturated heterocycles. The lowest BCUT2D eigenvalue weighted by Gasteiger charge is -2.07. The molecule has 1 nitrogen and oxygen atoms in total. The molecule has 0 atom stereocenters. The fourth-order valence-corrected chi connectivity index (χ4v) is 2.64. The molecular formula is C14H13BrOS. The molecule has 3 heteroatoms. The van der Waals surface area contributed by atoms with E-state index in [-0.39, 0.29) is 0 Å². The first-order valence-corrected chi connectivity index (χ1v) is 6.88. The summed E-state index contributed by atoms with van der Waals surface area (Å²) in [7, 11) is 1.69. The van der Waals surface area contributed by atoms with E-state index >= 15 is 0 Å². The van der Waals surface area contributed by atoms with Gasteiger partial charge < -0.3 is 4.74 Å². The van der Waals surface area contributed by atoms with Crippen LogP contribution in [0.1, 0.15) is 5.56 Å². The quantitative estimate of drug-likeness (QED) is 0.796. The molecule has 2 aromatic carbocycles. The van der Waals surface area contributed by atoms with Gasteiger partial charge in [-0.3, -0.25) is 0 Å². The number of methoxy groups -OCH3 is 1. The normalized spacial score (nSPS) is 10.3. The second-order valence-corrected chi connectivity index (χ2v) is 5.72. The number of rotatable bonds is 3. The zero-order chi connectivity index (χ0) is 12.3. The van der Waals surface area contributed by atoms with E-state index < -0.39 is 0 Å². The maximum atomic E-state index is 5.20. The minimum Gasteiger partial charge on any atom is -0.497 e. The molecule has 88 valence electrons. The molecule has 2 aromatic rings. The SMILES string of the molecule is COc1ccc(Sc2ccc(Br)cc2)c(C)c1. The van der Waals surface area contributed by atoms with Crippen LogP contribution in [0, 0.1) is 6.92 Å². The molecule has 0 aliphatic heterocycles. The predicted octanol–water partition coefficient (Wildman–Crippen LogP) is 4.92. The third-order valence-electron chi connectivity index (χ3n) is 2.42. The molecule has 0 bridgehead atoms. The van der Waals surface area contributed by atoms with Crippen molar-refractivity contribution in [2.45, 2.75) is 16.7 Å². The highest BCUT2D eigenvalue weighted by molar-refractivity contribution is 9.10. The standard InChI is InChI=1S/C14H13BrOS/c1-10-9-12(16-2)5-8-14(10)17-13-6-3-11(15)4-7-13/h3-9H,1-2H3. The summed E-state index contributed by atoms with van der Waals surface area (Å²) in [5.74, 6) is 0.905. The maximum absolute atomic E-state index is 5.20. The molecule has 0 aliphatic rings. The Morgan fingerprint density at radius 1 is 1.06 bits per heavy atom. The van der Waals surface area contributed by atoms with Crippen LogP contribution in [-0.4, -0.2) is 7.11 Å². The van der Waals surface area contributed by atoms with Crippen LogP contribution in [-0.2, 0) is 0 Å². The van der Waals surface area contributed by atoms with Gasteiger partial charge in [-0.25, -0.2) is 0 Å². The molecule has 17 heavy (non-hydrogen) atoms. The van der Waals surface area contributed by atoms with Crippen molar-refractivity contribution in [1.29, 1.82) is 0 Å². The Hall–Kier alpha value is -0.930. The van der Waals surface area contributed by atoms with Crippen molar-refractivity contribution >= 4 is 27.7 Å². The molecule has 0 spiro atoms. The Labute approximate surface area is 114 Å². The van der Waals surface area contributed by atoms with Crippen molar-refractivity contribution in [3.05, 3.63) is 52.5 Å². The second-order valence-electron chi connectivity index (χ2n) is 3.69. The van der Waals surface area contributed by atoms with Crippen LogP contribution in [0.2, 0.25) is 0 Å². The molecule has 0 heterocycles. The average Bonchev–Trinajstić information content (AvgIpc) is 2.34. The van der Waals surface area contributed by atoms with Crippen molar-refractivity contribution < 1.29 is 4.74 Å². The van der Waals surface area contributed by atoms with Crippen LogP contribution in [0.3, 0.4) is 0 Å². The summed E-state index contributed by atoms with van der Waals surface area (Å²) in [5, 5.41) is 0. The number of benzene rings is 2.